The van der Waals surface area contributed by atoms with E-state index in [9.17, 15) is 4.79 Å². The summed E-state index contributed by atoms with van der Waals surface area (Å²) in [5.74, 6) is 0.234. The monoisotopic (exact) mass is 288 g/mol. The van der Waals surface area contributed by atoms with E-state index in [1.807, 2.05) is 4.90 Å². The zero-order valence-corrected chi connectivity index (χ0v) is 14.2. The summed E-state index contributed by atoms with van der Waals surface area (Å²) >= 11 is 0. The van der Waals surface area contributed by atoms with Gasteiger partial charge in [-0.1, -0.05) is 51.5 Å². The molecule has 1 aromatic rings. The molecule has 1 fully saturated rings. The van der Waals surface area contributed by atoms with E-state index in [-0.39, 0.29) is 23.5 Å². The fourth-order valence-corrected chi connectivity index (χ4v) is 3.04. The van der Waals surface area contributed by atoms with Crippen LogP contribution in [0.15, 0.2) is 18.2 Å². The summed E-state index contributed by atoms with van der Waals surface area (Å²) in [4.78, 5) is 14.7. The van der Waals surface area contributed by atoms with Crippen LogP contribution in [-0.2, 0) is 4.79 Å². The summed E-state index contributed by atoms with van der Waals surface area (Å²) in [6.45, 7) is 13.6. The molecule has 21 heavy (non-hydrogen) atoms. The van der Waals surface area contributed by atoms with Crippen LogP contribution >= 0.6 is 0 Å². The van der Waals surface area contributed by atoms with Gasteiger partial charge >= 0.3 is 0 Å². The molecule has 3 heteroatoms. The van der Waals surface area contributed by atoms with Crippen molar-refractivity contribution < 1.29 is 4.79 Å². The number of benzene rings is 1. The topological polar surface area (TPSA) is 32.3 Å². The van der Waals surface area contributed by atoms with Crippen molar-refractivity contribution in [1.82, 2.24) is 10.2 Å². The normalized spacial score (nSPS) is 23.0. The Balaban J connectivity index is 2.36. The maximum Gasteiger partial charge on any atom is 0.241 e. The first-order chi connectivity index (χ1) is 9.73. The summed E-state index contributed by atoms with van der Waals surface area (Å²) in [5, 5.41) is 3.52. The molecule has 1 N–H and O–H groups in total. The lowest BCUT2D eigenvalue weighted by molar-refractivity contribution is -0.131. The molecule has 0 spiro atoms. The second-order valence-electron chi connectivity index (χ2n) is 7.42. The molecular weight excluding hydrogens is 260 g/mol. The van der Waals surface area contributed by atoms with Gasteiger partial charge < -0.3 is 4.90 Å². The minimum Gasteiger partial charge on any atom is -0.321 e. The van der Waals surface area contributed by atoms with Crippen molar-refractivity contribution in [2.75, 3.05) is 6.54 Å². The number of carbonyl (C=O) groups is 1. The molecule has 0 radical (unpaired) electrons. The third-order valence-electron chi connectivity index (χ3n) is 4.02. The van der Waals surface area contributed by atoms with Crippen molar-refractivity contribution >= 4 is 5.91 Å². The summed E-state index contributed by atoms with van der Waals surface area (Å²) in [6, 6.07) is 6.42. The van der Waals surface area contributed by atoms with Gasteiger partial charge in [-0.05, 0) is 36.8 Å². The van der Waals surface area contributed by atoms with E-state index in [2.05, 4.69) is 65.1 Å². The third-order valence-corrected chi connectivity index (χ3v) is 4.02. The average molecular weight is 288 g/mol. The van der Waals surface area contributed by atoms with Gasteiger partial charge in [-0.15, -0.1) is 0 Å². The van der Waals surface area contributed by atoms with Crippen molar-refractivity contribution in [2.45, 2.75) is 60.2 Å². The zero-order valence-electron chi connectivity index (χ0n) is 14.2. The van der Waals surface area contributed by atoms with Gasteiger partial charge in [0.15, 0.2) is 0 Å². The highest BCUT2D eigenvalue weighted by Gasteiger charge is 2.40. The summed E-state index contributed by atoms with van der Waals surface area (Å²) < 4.78 is 0. The van der Waals surface area contributed by atoms with Crippen molar-refractivity contribution in [2.24, 2.45) is 5.41 Å². The van der Waals surface area contributed by atoms with E-state index in [4.69, 9.17) is 0 Å². The van der Waals surface area contributed by atoms with Gasteiger partial charge in [-0.2, -0.15) is 0 Å². The summed E-state index contributed by atoms with van der Waals surface area (Å²) in [6.07, 6.45) is 0.836. The molecule has 1 amide bonds. The van der Waals surface area contributed by atoms with E-state index in [0.717, 1.165) is 13.0 Å². The van der Waals surface area contributed by atoms with Gasteiger partial charge in [0, 0.05) is 6.54 Å². The Morgan fingerprint density at radius 3 is 2.43 bits per heavy atom. The Hall–Kier alpha value is -1.35. The molecule has 1 aromatic carbocycles. The third kappa shape index (κ3) is 3.46. The van der Waals surface area contributed by atoms with Crippen LogP contribution < -0.4 is 5.32 Å². The van der Waals surface area contributed by atoms with E-state index in [1.54, 1.807) is 0 Å². The van der Waals surface area contributed by atoms with Gasteiger partial charge in [-0.3, -0.25) is 10.1 Å². The second-order valence-corrected chi connectivity index (χ2v) is 7.42. The van der Waals surface area contributed by atoms with E-state index in [1.165, 1.54) is 16.7 Å². The van der Waals surface area contributed by atoms with E-state index < -0.39 is 0 Å². The fourth-order valence-electron chi connectivity index (χ4n) is 3.04. The van der Waals surface area contributed by atoms with Crippen molar-refractivity contribution in [1.29, 1.82) is 0 Å². The van der Waals surface area contributed by atoms with Gasteiger partial charge in [0.2, 0.25) is 5.91 Å². The molecule has 2 unspecified atom stereocenters. The molecule has 2 rings (SSSR count). The smallest absolute Gasteiger partial charge is 0.241 e. The quantitative estimate of drug-likeness (QED) is 0.922. The van der Waals surface area contributed by atoms with Gasteiger partial charge in [-0.25, -0.2) is 0 Å². The predicted molar refractivity (Wildman–Crippen MR) is 87.0 cm³/mol. The molecule has 1 heterocycles. The van der Waals surface area contributed by atoms with Gasteiger partial charge in [0.25, 0.3) is 0 Å². The summed E-state index contributed by atoms with van der Waals surface area (Å²) in [7, 11) is 0. The minimum absolute atomic E-state index is 0.00211. The van der Waals surface area contributed by atoms with Crippen LogP contribution in [0, 0.1) is 19.3 Å². The van der Waals surface area contributed by atoms with Crippen LogP contribution in [0.3, 0.4) is 0 Å². The highest BCUT2D eigenvalue weighted by molar-refractivity contribution is 5.84. The first-order valence-electron chi connectivity index (χ1n) is 7.86. The molecule has 1 aliphatic heterocycles. The van der Waals surface area contributed by atoms with E-state index >= 15 is 0 Å². The van der Waals surface area contributed by atoms with Crippen LogP contribution in [0.5, 0.6) is 0 Å². The predicted octanol–water partition coefficient (Wildman–Crippen LogP) is 3.56. The standard InChI is InChI=1S/C18H28N2O/c1-7-15-17(21)20(11-18(4,5)6)16(19-15)14-9-8-12(2)10-13(14)3/h8-10,15-16,19H,7,11H2,1-6H3. The lowest BCUT2D eigenvalue weighted by Crippen LogP contribution is -2.37. The Kier molecular flexibility index (Phi) is 4.43. The molecule has 1 saturated heterocycles. The molecule has 1 aliphatic rings. The molecule has 116 valence electrons. The molecular formula is C18H28N2O. The van der Waals surface area contributed by atoms with Crippen molar-refractivity contribution in [3.63, 3.8) is 0 Å². The largest absolute Gasteiger partial charge is 0.321 e. The number of nitrogens with one attached hydrogen (secondary N) is 1. The van der Waals surface area contributed by atoms with Crippen LogP contribution in [0.25, 0.3) is 0 Å². The lowest BCUT2D eigenvalue weighted by atomic mass is 9.95. The highest BCUT2D eigenvalue weighted by Crippen LogP contribution is 2.31. The van der Waals surface area contributed by atoms with Gasteiger partial charge in [0.1, 0.15) is 6.17 Å². The van der Waals surface area contributed by atoms with E-state index in [0.29, 0.717) is 0 Å². The average Bonchev–Trinajstić information content (AvgIpc) is 2.65. The fraction of sp³-hybridized carbons (Fsp3) is 0.611. The van der Waals surface area contributed by atoms with Gasteiger partial charge in [0.05, 0.1) is 6.04 Å². The first-order valence-corrected chi connectivity index (χ1v) is 7.86. The number of amides is 1. The van der Waals surface area contributed by atoms with Crippen LogP contribution in [0.4, 0.5) is 0 Å². The Morgan fingerprint density at radius 1 is 1.24 bits per heavy atom. The van der Waals surface area contributed by atoms with Crippen LogP contribution in [0.1, 0.15) is 57.0 Å². The number of carbonyl (C=O) groups excluding carboxylic acids is 1. The molecule has 0 aromatic heterocycles. The molecule has 0 aliphatic carbocycles. The molecule has 2 atom stereocenters. The van der Waals surface area contributed by atoms with Crippen LogP contribution in [-0.4, -0.2) is 23.4 Å². The Bertz CT molecular complexity index is 531. The number of aryl methyl sites for hydroxylation is 2. The van der Waals surface area contributed by atoms with Crippen LogP contribution in [0.2, 0.25) is 0 Å². The maximum atomic E-state index is 12.6. The number of hydrogen-bond donors (Lipinski definition) is 1. The molecule has 3 nitrogen and oxygen atoms in total. The lowest BCUT2D eigenvalue weighted by Gasteiger charge is -2.32. The number of hydrogen-bond acceptors (Lipinski definition) is 2. The minimum atomic E-state index is -0.0574. The summed E-state index contributed by atoms with van der Waals surface area (Å²) in [5.41, 5.74) is 3.82. The van der Waals surface area contributed by atoms with Crippen molar-refractivity contribution in [3.05, 3.63) is 34.9 Å². The molecule has 0 saturated carbocycles. The number of nitrogens with zero attached hydrogens (tertiary/aromatic N) is 1. The highest BCUT2D eigenvalue weighted by atomic mass is 16.2. The second kappa shape index (κ2) is 5.80. The zero-order chi connectivity index (χ0) is 15.8. The van der Waals surface area contributed by atoms with Crippen molar-refractivity contribution in [3.8, 4) is 0 Å². The Labute approximate surface area is 128 Å². The number of rotatable bonds is 3. The SMILES string of the molecule is CCC1NC(c2ccc(C)cc2C)N(CC(C)(C)C)C1=O. The molecule has 0 bridgehead atoms. The Morgan fingerprint density at radius 2 is 1.90 bits per heavy atom. The maximum absolute atomic E-state index is 12.6. The first kappa shape index (κ1) is 16.0.